The van der Waals surface area contributed by atoms with E-state index >= 15 is 0 Å². The summed E-state index contributed by atoms with van der Waals surface area (Å²) in [6, 6.07) is -0.338. The van der Waals surface area contributed by atoms with Crippen molar-refractivity contribution in [3.8, 4) is 0 Å². The maximum atomic E-state index is 13.0. The lowest BCUT2D eigenvalue weighted by atomic mass is 9.89. The van der Waals surface area contributed by atoms with Gasteiger partial charge in [0.1, 0.15) is 11.6 Å². The van der Waals surface area contributed by atoms with E-state index < -0.39 is 5.60 Å². The molecule has 5 heteroatoms. The molecule has 0 aromatic rings. The first-order chi connectivity index (χ1) is 11.2. The third-order valence-corrected chi connectivity index (χ3v) is 5.19. The van der Waals surface area contributed by atoms with Gasteiger partial charge in [0.05, 0.1) is 0 Å². The Morgan fingerprint density at radius 3 is 2.29 bits per heavy atom. The average Bonchev–Trinajstić information content (AvgIpc) is 2.82. The molecule has 0 spiro atoms. The summed E-state index contributed by atoms with van der Waals surface area (Å²) >= 11 is 0. The Morgan fingerprint density at radius 2 is 1.67 bits per heavy atom. The molecule has 2 saturated heterocycles. The summed E-state index contributed by atoms with van der Waals surface area (Å²) in [5.41, 5.74) is -0.527. The van der Waals surface area contributed by atoms with E-state index in [1.54, 1.807) is 4.90 Å². The molecular weight excluding hydrogens is 304 g/mol. The van der Waals surface area contributed by atoms with E-state index in [2.05, 4.69) is 13.8 Å². The zero-order valence-electron chi connectivity index (χ0n) is 16.0. The molecule has 0 unspecified atom stereocenters. The summed E-state index contributed by atoms with van der Waals surface area (Å²) in [6.45, 7) is 12.4. The van der Waals surface area contributed by atoms with Gasteiger partial charge in [0.25, 0.3) is 0 Å². The minimum atomic E-state index is -0.527. The molecule has 24 heavy (non-hydrogen) atoms. The normalized spacial score (nSPS) is 25.8. The first-order valence-corrected chi connectivity index (χ1v) is 9.47. The van der Waals surface area contributed by atoms with Gasteiger partial charge < -0.3 is 9.64 Å². The maximum Gasteiger partial charge on any atom is 0.410 e. The van der Waals surface area contributed by atoms with Crippen molar-refractivity contribution in [2.45, 2.75) is 78.4 Å². The van der Waals surface area contributed by atoms with Crippen LogP contribution in [0.3, 0.4) is 0 Å². The van der Waals surface area contributed by atoms with Crippen molar-refractivity contribution in [3.63, 3.8) is 0 Å². The Morgan fingerprint density at radius 1 is 1.00 bits per heavy atom. The minimum absolute atomic E-state index is 0.114. The van der Waals surface area contributed by atoms with Crippen LogP contribution >= 0.6 is 0 Å². The molecule has 0 radical (unpaired) electrons. The topological polar surface area (TPSA) is 49.9 Å². The maximum absolute atomic E-state index is 13.0. The van der Waals surface area contributed by atoms with Gasteiger partial charge >= 0.3 is 6.09 Å². The van der Waals surface area contributed by atoms with Crippen LogP contribution < -0.4 is 0 Å². The van der Waals surface area contributed by atoms with E-state index in [1.165, 1.54) is 6.42 Å². The Hall–Kier alpha value is -1.26. The molecule has 0 bridgehead atoms. The van der Waals surface area contributed by atoms with Gasteiger partial charge in [0, 0.05) is 19.6 Å². The third-order valence-electron chi connectivity index (χ3n) is 5.19. The van der Waals surface area contributed by atoms with Gasteiger partial charge in [-0.3, -0.25) is 9.69 Å². The second-order valence-corrected chi connectivity index (χ2v) is 8.59. The quantitative estimate of drug-likeness (QED) is 0.772. The summed E-state index contributed by atoms with van der Waals surface area (Å²) in [4.78, 5) is 29.0. The van der Waals surface area contributed by atoms with E-state index in [-0.39, 0.29) is 18.0 Å². The summed E-state index contributed by atoms with van der Waals surface area (Å²) in [5.74, 6) is 1.49. The monoisotopic (exact) mass is 338 g/mol. The highest BCUT2D eigenvalue weighted by molar-refractivity contribution is 5.86. The first kappa shape index (κ1) is 19.1. The fraction of sp³-hybridized carbons (Fsp3) is 0.895. The number of nitrogens with zero attached hydrogens (tertiary/aromatic N) is 2. The van der Waals surface area contributed by atoms with Crippen LogP contribution in [0.4, 0.5) is 4.79 Å². The smallest absolute Gasteiger partial charge is 0.410 e. The molecule has 2 fully saturated rings. The van der Waals surface area contributed by atoms with Gasteiger partial charge in [-0.1, -0.05) is 13.8 Å². The molecule has 0 N–H and O–H groups in total. The largest absolute Gasteiger partial charge is 0.444 e. The van der Waals surface area contributed by atoms with Crippen LogP contribution in [0.15, 0.2) is 0 Å². The van der Waals surface area contributed by atoms with E-state index in [9.17, 15) is 9.59 Å². The molecule has 2 amide bonds. The van der Waals surface area contributed by atoms with Crippen LogP contribution in [-0.2, 0) is 9.53 Å². The van der Waals surface area contributed by atoms with E-state index in [0.717, 1.165) is 38.8 Å². The Kier molecular flexibility index (Phi) is 6.16. The molecular formula is C19H34N2O3. The van der Waals surface area contributed by atoms with Crippen LogP contribution in [-0.4, -0.2) is 53.1 Å². The summed E-state index contributed by atoms with van der Waals surface area (Å²) in [6.07, 6.45) is 4.60. The van der Waals surface area contributed by atoms with Crippen molar-refractivity contribution >= 4 is 12.0 Å². The third kappa shape index (κ3) is 4.87. The molecule has 0 saturated carbocycles. The molecule has 2 rings (SSSR count). The fourth-order valence-electron chi connectivity index (χ4n) is 3.78. The highest BCUT2D eigenvalue weighted by Gasteiger charge is 2.39. The molecule has 0 aromatic carbocycles. The Balaban J connectivity index is 1.99. The van der Waals surface area contributed by atoms with Crippen molar-refractivity contribution in [1.29, 1.82) is 0 Å². The minimum Gasteiger partial charge on any atom is -0.444 e. The molecule has 2 heterocycles. The van der Waals surface area contributed by atoms with Crippen LogP contribution in [0, 0.1) is 11.8 Å². The molecule has 2 aliphatic heterocycles. The van der Waals surface area contributed by atoms with Crippen molar-refractivity contribution in [2.75, 3.05) is 19.6 Å². The zero-order chi connectivity index (χ0) is 17.9. The van der Waals surface area contributed by atoms with Gasteiger partial charge in [-0.2, -0.15) is 0 Å². The van der Waals surface area contributed by atoms with Crippen molar-refractivity contribution < 1.29 is 14.3 Å². The van der Waals surface area contributed by atoms with Crippen LogP contribution in [0.5, 0.6) is 0 Å². The Bertz CT molecular complexity index is 456. The Labute approximate surface area is 146 Å². The number of amides is 2. The van der Waals surface area contributed by atoms with Crippen LogP contribution in [0.2, 0.25) is 0 Å². The number of carbonyl (C=O) groups excluding carboxylic acids is 2. The summed E-state index contributed by atoms with van der Waals surface area (Å²) < 4.78 is 5.48. The molecule has 5 nitrogen and oxygen atoms in total. The molecule has 0 aromatic heterocycles. The SMILES string of the molecule is CC(C)[C@@H]1CCCN(C(=O)[C@@H]2CCCN2C(=O)OC(C)(C)C)CC1. The van der Waals surface area contributed by atoms with Gasteiger partial charge in [-0.15, -0.1) is 0 Å². The number of hydrogen-bond donors (Lipinski definition) is 0. The van der Waals surface area contributed by atoms with E-state index in [1.807, 2.05) is 25.7 Å². The van der Waals surface area contributed by atoms with Gasteiger partial charge in [-0.05, 0) is 64.7 Å². The molecule has 138 valence electrons. The number of hydrogen-bond acceptors (Lipinski definition) is 3. The molecule has 0 aliphatic carbocycles. The second kappa shape index (κ2) is 7.75. The number of likely N-dealkylation sites (tertiary alicyclic amines) is 2. The standard InChI is InChI=1S/C19H34N2O3/c1-14(2)15-8-6-11-20(13-10-15)17(22)16-9-7-12-21(16)18(23)24-19(3,4)5/h14-16H,6-13H2,1-5H3/t15-,16+/m1/s1. The van der Waals surface area contributed by atoms with Crippen LogP contribution in [0.1, 0.15) is 66.7 Å². The zero-order valence-corrected chi connectivity index (χ0v) is 16.0. The van der Waals surface area contributed by atoms with Gasteiger partial charge in [0.2, 0.25) is 5.91 Å². The van der Waals surface area contributed by atoms with E-state index in [0.29, 0.717) is 18.4 Å². The summed E-state index contributed by atoms with van der Waals surface area (Å²) in [7, 11) is 0. The fourth-order valence-corrected chi connectivity index (χ4v) is 3.78. The van der Waals surface area contributed by atoms with Gasteiger partial charge in [-0.25, -0.2) is 4.79 Å². The predicted octanol–water partition coefficient (Wildman–Crippen LogP) is 3.67. The van der Waals surface area contributed by atoms with Crippen molar-refractivity contribution in [3.05, 3.63) is 0 Å². The number of ether oxygens (including phenoxy) is 1. The second-order valence-electron chi connectivity index (χ2n) is 8.59. The summed E-state index contributed by atoms with van der Waals surface area (Å²) in [5, 5.41) is 0. The first-order valence-electron chi connectivity index (χ1n) is 9.47. The predicted molar refractivity (Wildman–Crippen MR) is 94.7 cm³/mol. The average molecular weight is 338 g/mol. The van der Waals surface area contributed by atoms with Gasteiger partial charge in [0.15, 0.2) is 0 Å². The lowest BCUT2D eigenvalue weighted by Gasteiger charge is -2.31. The number of rotatable bonds is 2. The van der Waals surface area contributed by atoms with Crippen LogP contribution in [0.25, 0.3) is 0 Å². The van der Waals surface area contributed by atoms with E-state index in [4.69, 9.17) is 4.74 Å². The number of carbonyl (C=O) groups is 2. The lowest BCUT2D eigenvalue weighted by molar-refractivity contribution is -0.135. The highest BCUT2D eigenvalue weighted by atomic mass is 16.6. The van der Waals surface area contributed by atoms with Crippen molar-refractivity contribution in [2.24, 2.45) is 11.8 Å². The lowest BCUT2D eigenvalue weighted by Crippen LogP contribution is -2.49. The molecule has 2 atom stereocenters. The molecule has 2 aliphatic rings. The highest BCUT2D eigenvalue weighted by Crippen LogP contribution is 2.27. The van der Waals surface area contributed by atoms with Crippen molar-refractivity contribution in [1.82, 2.24) is 9.80 Å².